The maximum absolute atomic E-state index is 3.15. The van der Waals surface area contributed by atoms with Crippen molar-refractivity contribution in [1.29, 1.82) is 0 Å². The molecular weight excluding hydrogens is 115 g/mol. The lowest BCUT2D eigenvalue weighted by molar-refractivity contribution is 1.56. The zero-order valence-electron chi connectivity index (χ0n) is 2.09. The van der Waals surface area contributed by atoms with E-state index >= 15 is 0 Å². The molecule has 26 valence electrons. The predicted molar refractivity (Wildman–Crippen MR) is 29.4 cm³/mol. The van der Waals surface area contributed by atoms with Crippen molar-refractivity contribution >= 4 is 24.3 Å². The van der Waals surface area contributed by atoms with Gasteiger partial charge in [0, 0.05) is 5.33 Å². The topological polar surface area (TPSA) is 0 Å². The van der Waals surface area contributed by atoms with Crippen LogP contribution in [0.15, 0.2) is 0 Å². The van der Waals surface area contributed by atoms with Crippen molar-refractivity contribution in [2.24, 2.45) is 0 Å². The van der Waals surface area contributed by atoms with Crippen LogP contribution in [0.1, 0.15) is 6.92 Å². The molecule has 0 N–H and O–H groups in total. The highest BCUT2D eigenvalue weighted by Gasteiger charge is 1.38. The minimum Gasteiger partial charge on any atom is -0.0931 e. The van der Waals surface area contributed by atoms with Crippen LogP contribution in [0.2, 0.25) is 0 Å². The summed E-state index contributed by atoms with van der Waals surface area (Å²) in [6.07, 6.45) is 0. The van der Waals surface area contributed by atoms with E-state index in [-0.39, 0.29) is 8.41 Å². The summed E-state index contributed by atoms with van der Waals surface area (Å²) in [6.45, 7) is 2.04. The molecule has 2 heteroatoms. The smallest absolute Gasteiger partial charge is 0.0814 e. The van der Waals surface area contributed by atoms with Gasteiger partial charge in [0.1, 0.15) is 0 Å². The van der Waals surface area contributed by atoms with E-state index in [2.05, 4.69) is 15.9 Å². The molecular formula is C2H8BBr. The van der Waals surface area contributed by atoms with E-state index in [1.54, 1.807) is 0 Å². The molecule has 0 rings (SSSR count). The molecule has 0 nitrogen and oxygen atoms in total. The molecule has 0 aliphatic carbocycles. The summed E-state index contributed by atoms with van der Waals surface area (Å²) in [7, 11) is 0. The minimum atomic E-state index is 0. The van der Waals surface area contributed by atoms with Gasteiger partial charge in [-0.05, 0) is 0 Å². The predicted octanol–water partition coefficient (Wildman–Crippen LogP) is 0.217. The molecule has 0 saturated heterocycles. The summed E-state index contributed by atoms with van der Waals surface area (Å²) >= 11 is 3.15. The largest absolute Gasteiger partial charge is 0.0931 e. The Hall–Kier alpha value is 0.545. The molecule has 0 aliphatic heterocycles. The van der Waals surface area contributed by atoms with E-state index in [4.69, 9.17) is 0 Å². The maximum Gasteiger partial charge on any atom is 0.0814 e. The Bertz CT molecular complexity index is 6.00. The third kappa shape index (κ3) is 20.5. The van der Waals surface area contributed by atoms with Crippen molar-refractivity contribution in [3.8, 4) is 0 Å². The van der Waals surface area contributed by atoms with E-state index in [0.29, 0.717) is 0 Å². The lowest BCUT2D eigenvalue weighted by Gasteiger charge is -1.45. The first-order chi connectivity index (χ1) is 1.41. The van der Waals surface area contributed by atoms with Crippen LogP contribution in [-0.4, -0.2) is 13.7 Å². The van der Waals surface area contributed by atoms with Crippen LogP contribution in [0.5, 0.6) is 0 Å². The summed E-state index contributed by atoms with van der Waals surface area (Å²) in [5.41, 5.74) is 0. The van der Waals surface area contributed by atoms with Gasteiger partial charge >= 0.3 is 0 Å². The molecule has 0 aliphatic rings. The van der Waals surface area contributed by atoms with Crippen molar-refractivity contribution in [3.63, 3.8) is 0 Å². The first-order valence-electron chi connectivity index (χ1n) is 0.974. The van der Waals surface area contributed by atoms with Gasteiger partial charge in [0.15, 0.2) is 0 Å². The Kier molecular flexibility index (Phi) is 21.2. The normalized spacial score (nSPS) is 4.50. The minimum absolute atomic E-state index is 0. The van der Waals surface area contributed by atoms with Crippen LogP contribution in [0.3, 0.4) is 0 Å². The molecule has 0 fully saturated rings. The summed E-state index contributed by atoms with van der Waals surface area (Å²) in [4.78, 5) is 0. The van der Waals surface area contributed by atoms with Crippen molar-refractivity contribution in [3.05, 3.63) is 0 Å². The first kappa shape index (κ1) is 8.82. The molecule has 0 bridgehead atoms. The number of halogens is 1. The summed E-state index contributed by atoms with van der Waals surface area (Å²) in [5.74, 6) is 0. The second-order valence-electron chi connectivity index (χ2n) is 0.267. The Balaban J connectivity index is 0. The number of rotatable bonds is 0. The fraction of sp³-hybridized carbons (Fsp3) is 1.00. The third-order valence-corrected chi connectivity index (χ3v) is 0. The van der Waals surface area contributed by atoms with E-state index < -0.39 is 0 Å². The summed E-state index contributed by atoms with van der Waals surface area (Å²) in [5, 5.41) is 1.06. The molecule has 0 saturated carbocycles. The van der Waals surface area contributed by atoms with Crippen LogP contribution in [-0.2, 0) is 0 Å². The molecule has 0 aromatic rings. The highest BCUT2D eigenvalue weighted by Crippen LogP contribution is 1.67. The molecule has 0 amide bonds. The number of hydrogen-bond donors (Lipinski definition) is 0. The monoisotopic (exact) mass is 122 g/mol. The molecule has 0 aromatic heterocycles. The van der Waals surface area contributed by atoms with Gasteiger partial charge < -0.3 is 0 Å². The fourth-order valence-electron chi connectivity index (χ4n) is 0. The van der Waals surface area contributed by atoms with Gasteiger partial charge in [-0.2, -0.15) is 0 Å². The average molecular weight is 123 g/mol. The Morgan fingerprint density at radius 1 is 1.75 bits per heavy atom. The van der Waals surface area contributed by atoms with Crippen LogP contribution >= 0.6 is 15.9 Å². The van der Waals surface area contributed by atoms with Gasteiger partial charge in [-0.15, -0.1) is 0 Å². The van der Waals surface area contributed by atoms with Crippen molar-refractivity contribution in [1.82, 2.24) is 0 Å². The lowest BCUT2D eigenvalue weighted by atomic mass is 10.8. The first-order valence-corrected chi connectivity index (χ1v) is 2.10. The SMILES string of the molecule is B.CCBr. The highest BCUT2D eigenvalue weighted by atomic mass is 79.9. The highest BCUT2D eigenvalue weighted by molar-refractivity contribution is 9.09. The van der Waals surface area contributed by atoms with E-state index in [1.165, 1.54) is 0 Å². The van der Waals surface area contributed by atoms with Gasteiger partial charge in [0.05, 0.1) is 8.41 Å². The molecule has 0 unspecified atom stereocenters. The zero-order valence-corrected chi connectivity index (χ0v) is 3.67. The standard InChI is InChI=1S/C2H5Br.BH3/c1-2-3;/h2H2,1H3;1H3. The van der Waals surface area contributed by atoms with Crippen LogP contribution in [0, 0.1) is 0 Å². The molecule has 0 spiro atoms. The van der Waals surface area contributed by atoms with Crippen molar-refractivity contribution in [2.45, 2.75) is 6.92 Å². The van der Waals surface area contributed by atoms with Crippen molar-refractivity contribution < 1.29 is 0 Å². The fourth-order valence-corrected chi connectivity index (χ4v) is 0. The van der Waals surface area contributed by atoms with Gasteiger partial charge in [0.25, 0.3) is 0 Å². The number of alkyl halides is 1. The number of hydrogen-bond acceptors (Lipinski definition) is 0. The third-order valence-electron chi connectivity index (χ3n) is 0. The molecule has 0 radical (unpaired) electrons. The lowest BCUT2D eigenvalue weighted by Crippen LogP contribution is -1.34. The molecule has 0 aromatic carbocycles. The maximum atomic E-state index is 3.15. The van der Waals surface area contributed by atoms with Crippen LogP contribution < -0.4 is 0 Å². The van der Waals surface area contributed by atoms with E-state index in [0.717, 1.165) is 5.33 Å². The second-order valence-corrected chi connectivity index (χ2v) is 1.39. The Morgan fingerprint density at radius 3 is 1.75 bits per heavy atom. The second kappa shape index (κ2) is 9.62. The van der Waals surface area contributed by atoms with E-state index in [9.17, 15) is 0 Å². The van der Waals surface area contributed by atoms with Crippen LogP contribution in [0.4, 0.5) is 0 Å². The summed E-state index contributed by atoms with van der Waals surface area (Å²) < 4.78 is 0. The van der Waals surface area contributed by atoms with Gasteiger partial charge in [-0.3, -0.25) is 0 Å². The molecule has 4 heavy (non-hydrogen) atoms. The summed E-state index contributed by atoms with van der Waals surface area (Å²) in [6, 6.07) is 0. The van der Waals surface area contributed by atoms with Gasteiger partial charge in [-0.1, -0.05) is 22.9 Å². The Labute approximate surface area is 37.3 Å². The van der Waals surface area contributed by atoms with Crippen molar-refractivity contribution in [2.75, 3.05) is 5.33 Å². The van der Waals surface area contributed by atoms with Crippen LogP contribution in [0.25, 0.3) is 0 Å². The molecule has 0 heterocycles. The quantitative estimate of drug-likeness (QED) is 0.319. The average Bonchev–Trinajstić information content (AvgIpc) is 0.918. The Morgan fingerprint density at radius 2 is 1.75 bits per heavy atom. The zero-order chi connectivity index (χ0) is 2.71. The van der Waals surface area contributed by atoms with Gasteiger partial charge in [-0.25, -0.2) is 0 Å². The van der Waals surface area contributed by atoms with E-state index in [1.807, 2.05) is 6.92 Å². The van der Waals surface area contributed by atoms with Gasteiger partial charge in [0.2, 0.25) is 0 Å². The molecule has 0 atom stereocenters.